The summed E-state index contributed by atoms with van der Waals surface area (Å²) in [7, 11) is -3.01. The minimum Gasteiger partial charge on any atom is -0.390 e. The molecule has 0 aromatic rings. The Bertz CT molecular complexity index is 347. The summed E-state index contributed by atoms with van der Waals surface area (Å²) in [6, 6.07) is -0.150. The van der Waals surface area contributed by atoms with E-state index in [1.165, 1.54) is 12.8 Å². The van der Waals surface area contributed by atoms with Crippen LogP contribution < -0.4 is 0 Å². The van der Waals surface area contributed by atoms with Gasteiger partial charge >= 0.3 is 0 Å². The second-order valence-electron chi connectivity index (χ2n) is 5.48. The Morgan fingerprint density at radius 3 is 2.35 bits per heavy atom. The maximum absolute atomic E-state index is 11.5. The quantitative estimate of drug-likeness (QED) is 0.811. The van der Waals surface area contributed by atoms with Crippen LogP contribution in [-0.4, -0.2) is 55.2 Å². The number of aliphatic hydroxyl groups excluding tert-OH is 1. The Kier molecular flexibility index (Phi) is 4.10. The molecule has 0 spiro atoms. The van der Waals surface area contributed by atoms with Gasteiger partial charge in [-0.15, -0.1) is 0 Å². The van der Waals surface area contributed by atoms with Crippen molar-refractivity contribution in [3.63, 3.8) is 0 Å². The molecule has 4 nitrogen and oxygen atoms in total. The molecule has 5 heteroatoms. The number of piperidine rings is 1. The lowest BCUT2D eigenvalue weighted by molar-refractivity contribution is 0.0575. The van der Waals surface area contributed by atoms with Crippen LogP contribution in [0.5, 0.6) is 0 Å². The Morgan fingerprint density at radius 2 is 1.88 bits per heavy atom. The molecule has 2 saturated heterocycles. The van der Waals surface area contributed by atoms with Crippen LogP contribution in [0.1, 0.15) is 32.6 Å². The fourth-order valence-corrected chi connectivity index (χ4v) is 4.97. The van der Waals surface area contributed by atoms with Gasteiger partial charge in [-0.2, -0.15) is 0 Å². The normalized spacial score (nSPS) is 35.2. The highest BCUT2D eigenvalue weighted by molar-refractivity contribution is 7.91. The average molecular weight is 261 g/mol. The molecular formula is C12H23NO3S. The number of sulfone groups is 1. The first kappa shape index (κ1) is 13.3. The molecule has 0 amide bonds. The van der Waals surface area contributed by atoms with E-state index in [-0.39, 0.29) is 17.5 Å². The van der Waals surface area contributed by atoms with Crippen LogP contribution in [0.25, 0.3) is 0 Å². The van der Waals surface area contributed by atoms with Crippen LogP contribution in [0.2, 0.25) is 0 Å². The molecule has 2 atom stereocenters. The van der Waals surface area contributed by atoms with Gasteiger partial charge in [-0.25, -0.2) is 8.42 Å². The van der Waals surface area contributed by atoms with E-state index in [1.54, 1.807) is 0 Å². The molecule has 2 aliphatic rings. The van der Waals surface area contributed by atoms with Crippen molar-refractivity contribution in [2.24, 2.45) is 5.92 Å². The summed E-state index contributed by atoms with van der Waals surface area (Å²) < 4.78 is 22.9. The molecule has 0 radical (unpaired) electrons. The third-order valence-electron chi connectivity index (χ3n) is 4.11. The second-order valence-corrected chi connectivity index (χ2v) is 7.63. The third-order valence-corrected chi connectivity index (χ3v) is 5.81. The summed E-state index contributed by atoms with van der Waals surface area (Å²) in [5, 5.41) is 9.83. The standard InChI is InChI=1S/C12H23NO3S/c1-2-3-10-4-6-13(7-5-10)11-8-17(15,16)9-12(11)14/h10-12,14H,2-9H2,1H3. The number of hydrogen-bond acceptors (Lipinski definition) is 4. The van der Waals surface area contributed by atoms with Crippen molar-refractivity contribution >= 4 is 9.84 Å². The number of hydrogen-bond donors (Lipinski definition) is 1. The summed E-state index contributed by atoms with van der Waals surface area (Å²) in [6.07, 6.45) is 4.13. The van der Waals surface area contributed by atoms with Gasteiger partial charge in [0.2, 0.25) is 0 Å². The zero-order chi connectivity index (χ0) is 12.5. The van der Waals surface area contributed by atoms with Gasteiger partial charge < -0.3 is 5.11 Å². The Morgan fingerprint density at radius 1 is 1.24 bits per heavy atom. The predicted octanol–water partition coefficient (Wildman–Crippen LogP) is 0.656. The van der Waals surface area contributed by atoms with Crippen LogP contribution in [0.3, 0.4) is 0 Å². The lowest BCUT2D eigenvalue weighted by Crippen LogP contribution is -2.47. The fraction of sp³-hybridized carbons (Fsp3) is 1.00. The topological polar surface area (TPSA) is 57.6 Å². The first-order valence-corrected chi connectivity index (χ1v) is 8.46. The molecular weight excluding hydrogens is 238 g/mol. The van der Waals surface area contributed by atoms with Gasteiger partial charge in [0.1, 0.15) is 0 Å². The molecule has 17 heavy (non-hydrogen) atoms. The van der Waals surface area contributed by atoms with Crippen LogP contribution >= 0.6 is 0 Å². The second kappa shape index (κ2) is 5.24. The molecule has 2 heterocycles. The first-order valence-electron chi connectivity index (χ1n) is 6.64. The van der Waals surface area contributed by atoms with Gasteiger partial charge in [-0.1, -0.05) is 19.8 Å². The molecule has 0 aliphatic carbocycles. The Hall–Kier alpha value is -0.130. The van der Waals surface area contributed by atoms with Gasteiger partial charge in [0.15, 0.2) is 9.84 Å². The minimum atomic E-state index is -3.01. The smallest absolute Gasteiger partial charge is 0.154 e. The summed E-state index contributed by atoms with van der Waals surface area (Å²) in [6.45, 7) is 4.10. The number of likely N-dealkylation sites (tertiary alicyclic amines) is 1. The zero-order valence-corrected chi connectivity index (χ0v) is 11.3. The maximum Gasteiger partial charge on any atom is 0.154 e. The summed E-state index contributed by atoms with van der Waals surface area (Å²) in [5.41, 5.74) is 0. The molecule has 1 N–H and O–H groups in total. The number of rotatable bonds is 3. The van der Waals surface area contributed by atoms with Gasteiger partial charge in [0.05, 0.1) is 23.7 Å². The van der Waals surface area contributed by atoms with E-state index in [1.807, 2.05) is 0 Å². The Labute approximate surface area is 104 Å². The molecule has 0 aromatic carbocycles. The first-order chi connectivity index (χ1) is 8.02. The van der Waals surface area contributed by atoms with Gasteiger partial charge in [0, 0.05) is 0 Å². The van der Waals surface area contributed by atoms with Crippen LogP contribution in [0.4, 0.5) is 0 Å². The predicted molar refractivity (Wildman–Crippen MR) is 67.7 cm³/mol. The molecule has 2 unspecified atom stereocenters. The van der Waals surface area contributed by atoms with E-state index in [9.17, 15) is 13.5 Å². The van der Waals surface area contributed by atoms with Gasteiger partial charge in [0.25, 0.3) is 0 Å². The summed E-state index contributed by atoms with van der Waals surface area (Å²) in [4.78, 5) is 2.18. The van der Waals surface area contributed by atoms with Crippen molar-refractivity contribution in [2.45, 2.75) is 44.8 Å². The fourth-order valence-electron chi connectivity index (χ4n) is 3.14. The van der Waals surface area contributed by atoms with E-state index in [2.05, 4.69) is 11.8 Å². The van der Waals surface area contributed by atoms with E-state index < -0.39 is 15.9 Å². The monoisotopic (exact) mass is 261 g/mol. The summed E-state index contributed by atoms with van der Waals surface area (Å²) in [5.74, 6) is 0.894. The molecule has 0 saturated carbocycles. The van der Waals surface area contributed by atoms with Crippen molar-refractivity contribution in [3.05, 3.63) is 0 Å². The molecule has 0 bridgehead atoms. The van der Waals surface area contributed by atoms with Crippen molar-refractivity contribution in [2.75, 3.05) is 24.6 Å². The maximum atomic E-state index is 11.5. The van der Waals surface area contributed by atoms with Crippen molar-refractivity contribution in [1.29, 1.82) is 0 Å². The highest BCUT2D eigenvalue weighted by Crippen LogP contribution is 2.26. The highest BCUT2D eigenvalue weighted by Gasteiger charge is 2.40. The van der Waals surface area contributed by atoms with Crippen LogP contribution in [0, 0.1) is 5.92 Å². The van der Waals surface area contributed by atoms with Gasteiger partial charge in [-0.05, 0) is 31.8 Å². The van der Waals surface area contributed by atoms with E-state index in [4.69, 9.17) is 0 Å². The van der Waals surface area contributed by atoms with Crippen molar-refractivity contribution in [1.82, 2.24) is 4.90 Å². The molecule has 0 aromatic heterocycles. The summed E-state index contributed by atoms with van der Waals surface area (Å²) >= 11 is 0. The third kappa shape index (κ3) is 3.20. The number of aliphatic hydroxyl groups is 1. The van der Waals surface area contributed by atoms with E-state index >= 15 is 0 Å². The lowest BCUT2D eigenvalue weighted by atomic mass is 9.91. The largest absolute Gasteiger partial charge is 0.390 e. The van der Waals surface area contributed by atoms with Gasteiger partial charge in [-0.3, -0.25) is 4.90 Å². The average Bonchev–Trinajstić information content (AvgIpc) is 2.54. The zero-order valence-electron chi connectivity index (χ0n) is 10.5. The molecule has 2 aliphatic heterocycles. The van der Waals surface area contributed by atoms with E-state index in [0.29, 0.717) is 0 Å². The Balaban J connectivity index is 1.89. The molecule has 2 rings (SSSR count). The molecule has 100 valence electrons. The van der Waals surface area contributed by atoms with Crippen molar-refractivity contribution < 1.29 is 13.5 Å². The van der Waals surface area contributed by atoms with Crippen LogP contribution in [0.15, 0.2) is 0 Å². The van der Waals surface area contributed by atoms with Crippen LogP contribution in [-0.2, 0) is 9.84 Å². The highest BCUT2D eigenvalue weighted by atomic mass is 32.2. The van der Waals surface area contributed by atoms with Crippen molar-refractivity contribution in [3.8, 4) is 0 Å². The minimum absolute atomic E-state index is 0.0491. The molecule has 2 fully saturated rings. The SMILES string of the molecule is CCCC1CCN(C2CS(=O)(=O)CC2O)CC1. The lowest BCUT2D eigenvalue weighted by Gasteiger charge is -2.36. The number of nitrogens with zero attached hydrogens (tertiary/aromatic N) is 1. The van der Waals surface area contributed by atoms with E-state index in [0.717, 1.165) is 31.8 Å².